The van der Waals surface area contributed by atoms with E-state index in [4.69, 9.17) is 5.11 Å². The molecule has 0 radical (unpaired) electrons. The molecule has 2 aliphatic rings. The first-order valence-electron chi connectivity index (χ1n) is 14.9. The second-order valence-corrected chi connectivity index (χ2v) is 11.4. The Bertz CT molecular complexity index is 1620. The van der Waals surface area contributed by atoms with Gasteiger partial charge in [-0.2, -0.15) is 8.78 Å². The van der Waals surface area contributed by atoms with Crippen LogP contribution in [0.1, 0.15) is 105 Å². The van der Waals surface area contributed by atoms with E-state index in [0.29, 0.717) is 11.5 Å². The van der Waals surface area contributed by atoms with Gasteiger partial charge in [0.1, 0.15) is 5.75 Å². The lowest BCUT2D eigenvalue weighted by Crippen LogP contribution is -2.41. The fraction of sp³-hybridized carbons (Fsp3) is 0.353. The number of ether oxygens (including phenoxy) is 2. The Balaban J connectivity index is 1.41. The van der Waals surface area contributed by atoms with Gasteiger partial charge in [-0.15, -0.1) is 8.78 Å². The Kier molecular flexibility index (Phi) is 9.57. The zero-order chi connectivity index (χ0) is 33.1. The predicted molar refractivity (Wildman–Crippen MR) is 156 cm³/mol. The molecule has 242 valence electrons. The van der Waals surface area contributed by atoms with Crippen LogP contribution in [0.3, 0.4) is 0 Å². The number of amides is 1. The number of hydrogen-bond acceptors (Lipinski definition) is 6. The van der Waals surface area contributed by atoms with Crippen LogP contribution in [0.5, 0.6) is 5.75 Å². The molecular formula is C34H31F4NO7. The molecule has 0 spiro atoms. The van der Waals surface area contributed by atoms with Gasteiger partial charge < -0.3 is 15.2 Å². The van der Waals surface area contributed by atoms with E-state index in [0.717, 1.165) is 49.4 Å². The van der Waals surface area contributed by atoms with E-state index in [9.17, 15) is 36.7 Å². The number of fused-ring (bicyclic) bond motifs is 1. The highest BCUT2D eigenvalue weighted by Gasteiger charge is 2.54. The van der Waals surface area contributed by atoms with Gasteiger partial charge >= 0.3 is 18.4 Å². The van der Waals surface area contributed by atoms with E-state index in [1.54, 1.807) is 12.1 Å². The van der Waals surface area contributed by atoms with Crippen LogP contribution in [-0.4, -0.2) is 41.4 Å². The standard InChI is InChI=1S/C34H31F4NO7/c35-33(36)27-18-25(14-15-29(27)45-34(37,38)46-33)28(40)19-26(22-8-6-21(7-9-22)20-4-2-1-3-5-20)31(43)23-10-12-24(13-11-23)32(44)39-17-16-30(41)42/h6-15,18,20,26H,1-5,16-17,19H2,(H,39,44)(H,41,42). The Morgan fingerprint density at radius 1 is 0.848 bits per heavy atom. The van der Waals surface area contributed by atoms with Crippen LogP contribution >= 0.6 is 0 Å². The van der Waals surface area contributed by atoms with Crippen molar-refractivity contribution in [3.05, 3.63) is 100 Å². The van der Waals surface area contributed by atoms with Gasteiger partial charge in [0, 0.05) is 29.7 Å². The Labute approximate surface area is 261 Å². The summed E-state index contributed by atoms with van der Waals surface area (Å²) in [6, 6.07) is 15.7. The molecule has 1 amide bonds. The van der Waals surface area contributed by atoms with E-state index in [1.807, 2.05) is 12.1 Å². The number of rotatable bonds is 11. The lowest BCUT2D eigenvalue weighted by Gasteiger charge is -2.30. The number of carbonyl (C=O) groups is 4. The summed E-state index contributed by atoms with van der Waals surface area (Å²) in [4.78, 5) is 50.4. The zero-order valence-electron chi connectivity index (χ0n) is 24.6. The van der Waals surface area contributed by atoms with Crippen molar-refractivity contribution in [3.8, 4) is 5.75 Å². The fourth-order valence-corrected chi connectivity index (χ4v) is 5.85. The molecule has 1 atom stereocenters. The summed E-state index contributed by atoms with van der Waals surface area (Å²) in [5.74, 6) is -4.25. The minimum atomic E-state index is -4.56. The monoisotopic (exact) mass is 641 g/mol. The topological polar surface area (TPSA) is 119 Å². The van der Waals surface area contributed by atoms with E-state index >= 15 is 0 Å². The molecule has 1 unspecified atom stereocenters. The normalized spacial score (nSPS) is 17.7. The highest BCUT2D eigenvalue weighted by Crippen LogP contribution is 2.46. The van der Waals surface area contributed by atoms with Crippen molar-refractivity contribution in [2.45, 2.75) is 69.2 Å². The van der Waals surface area contributed by atoms with Crippen LogP contribution in [-0.2, 0) is 15.6 Å². The number of halogens is 4. The first-order chi connectivity index (χ1) is 21.8. The third-order valence-electron chi connectivity index (χ3n) is 8.27. The predicted octanol–water partition coefficient (Wildman–Crippen LogP) is 7.19. The first-order valence-corrected chi connectivity index (χ1v) is 14.9. The maximum Gasteiger partial charge on any atom is 0.540 e. The number of alkyl halides is 4. The molecule has 12 heteroatoms. The van der Waals surface area contributed by atoms with Crippen molar-refractivity contribution in [1.82, 2.24) is 5.32 Å². The number of carboxylic acid groups (broad SMARTS) is 1. The van der Waals surface area contributed by atoms with Gasteiger partial charge in [-0.25, -0.2) is 4.74 Å². The molecule has 1 aliphatic heterocycles. The SMILES string of the molecule is O=C(O)CCNC(=O)c1ccc(C(=O)C(CC(=O)c2ccc3c(c2)C(F)(F)OC(F)(F)O3)c2ccc(C3CCCCC3)cc2)cc1. The number of carboxylic acids is 1. The number of carbonyl (C=O) groups excluding carboxylic acids is 3. The summed E-state index contributed by atoms with van der Waals surface area (Å²) in [6.07, 6.45) is -4.13. The van der Waals surface area contributed by atoms with Crippen LogP contribution in [0.4, 0.5) is 17.6 Å². The molecule has 2 N–H and O–H groups in total. The van der Waals surface area contributed by atoms with Gasteiger partial charge in [0.25, 0.3) is 5.91 Å². The first kappa shape index (κ1) is 32.8. The van der Waals surface area contributed by atoms with E-state index < -0.39 is 59.5 Å². The zero-order valence-corrected chi connectivity index (χ0v) is 24.6. The minimum Gasteiger partial charge on any atom is -0.481 e. The van der Waals surface area contributed by atoms with Gasteiger partial charge in [-0.05, 0) is 60.2 Å². The summed E-state index contributed by atoms with van der Waals surface area (Å²) in [5.41, 5.74) is 0.715. The maximum atomic E-state index is 14.4. The van der Waals surface area contributed by atoms with E-state index in [-0.39, 0.29) is 29.7 Å². The molecule has 8 nitrogen and oxygen atoms in total. The van der Waals surface area contributed by atoms with Crippen molar-refractivity contribution in [2.75, 3.05) is 6.54 Å². The number of aliphatic carboxylic acids is 1. The minimum absolute atomic E-state index is 0.0782. The molecule has 46 heavy (non-hydrogen) atoms. The number of ketones is 2. The lowest BCUT2D eigenvalue weighted by atomic mass is 9.81. The molecule has 0 aromatic heterocycles. The Morgan fingerprint density at radius 3 is 2.13 bits per heavy atom. The lowest BCUT2D eigenvalue weighted by molar-refractivity contribution is -0.461. The van der Waals surface area contributed by atoms with Crippen molar-refractivity contribution < 1.29 is 51.3 Å². The van der Waals surface area contributed by atoms with Crippen LogP contribution in [0.2, 0.25) is 0 Å². The molecule has 3 aromatic rings. The van der Waals surface area contributed by atoms with Crippen molar-refractivity contribution in [1.29, 1.82) is 0 Å². The molecule has 1 fully saturated rings. The summed E-state index contributed by atoms with van der Waals surface area (Å²) in [5, 5.41) is 11.2. The average Bonchev–Trinajstić information content (AvgIpc) is 3.02. The highest BCUT2D eigenvalue weighted by atomic mass is 19.3. The smallest absolute Gasteiger partial charge is 0.481 e. The van der Waals surface area contributed by atoms with Crippen LogP contribution in [0, 0.1) is 0 Å². The molecule has 1 saturated carbocycles. The third kappa shape index (κ3) is 7.61. The molecular weight excluding hydrogens is 610 g/mol. The summed E-state index contributed by atoms with van der Waals surface area (Å²) in [7, 11) is 0. The fourth-order valence-electron chi connectivity index (χ4n) is 5.85. The van der Waals surface area contributed by atoms with Gasteiger partial charge in [-0.3, -0.25) is 19.2 Å². The summed E-state index contributed by atoms with van der Waals surface area (Å²) >= 11 is 0. The quantitative estimate of drug-likeness (QED) is 0.168. The maximum absolute atomic E-state index is 14.4. The number of benzene rings is 3. The molecule has 3 aromatic carbocycles. The van der Waals surface area contributed by atoms with Crippen molar-refractivity contribution in [3.63, 3.8) is 0 Å². The Morgan fingerprint density at radius 2 is 1.48 bits per heavy atom. The molecule has 1 aliphatic carbocycles. The van der Waals surface area contributed by atoms with Crippen molar-refractivity contribution in [2.24, 2.45) is 0 Å². The number of nitrogens with one attached hydrogen (secondary N) is 1. The van der Waals surface area contributed by atoms with E-state index in [2.05, 4.69) is 14.8 Å². The molecule has 0 bridgehead atoms. The molecule has 5 rings (SSSR count). The number of Topliss-reactive ketones (excluding diaryl/α,β-unsaturated/α-hetero) is 2. The van der Waals surface area contributed by atoms with Gasteiger partial charge in [0.15, 0.2) is 11.6 Å². The summed E-state index contributed by atoms with van der Waals surface area (Å²) in [6.45, 7) is -0.0782. The second-order valence-electron chi connectivity index (χ2n) is 11.4. The Hall–Kier alpha value is -4.58. The second kappa shape index (κ2) is 13.4. The molecule has 1 heterocycles. The van der Waals surface area contributed by atoms with Crippen LogP contribution in [0.15, 0.2) is 66.7 Å². The molecule has 0 saturated heterocycles. The van der Waals surface area contributed by atoms with Crippen molar-refractivity contribution >= 4 is 23.4 Å². The largest absolute Gasteiger partial charge is 0.540 e. The van der Waals surface area contributed by atoms with Gasteiger partial charge in [0.2, 0.25) is 0 Å². The summed E-state index contributed by atoms with van der Waals surface area (Å²) < 4.78 is 63.4. The highest BCUT2D eigenvalue weighted by molar-refractivity contribution is 6.06. The average molecular weight is 642 g/mol. The van der Waals surface area contributed by atoms with E-state index in [1.165, 1.54) is 30.7 Å². The van der Waals surface area contributed by atoms with Crippen LogP contribution in [0.25, 0.3) is 0 Å². The van der Waals surface area contributed by atoms with Gasteiger partial charge in [-0.1, -0.05) is 55.7 Å². The number of hydrogen-bond donors (Lipinski definition) is 2. The van der Waals surface area contributed by atoms with Gasteiger partial charge in [0.05, 0.1) is 17.9 Å². The third-order valence-corrected chi connectivity index (χ3v) is 8.27. The van der Waals surface area contributed by atoms with Crippen LogP contribution < -0.4 is 10.1 Å².